The van der Waals surface area contributed by atoms with Crippen LogP contribution in [0.25, 0.3) is 33.8 Å². The van der Waals surface area contributed by atoms with E-state index >= 15 is 0 Å². The van der Waals surface area contributed by atoms with E-state index < -0.39 is 0 Å². The molecule has 0 aliphatic carbocycles. The minimum Gasteiger partial charge on any atom is -0.344 e. The molecule has 1 heterocycles. The molecule has 1 nitrogen and oxygen atoms in total. The molecule has 0 fully saturated rings. The van der Waals surface area contributed by atoms with Gasteiger partial charge in [0.25, 0.3) is 0 Å². The van der Waals surface area contributed by atoms with Crippen molar-refractivity contribution in [2.75, 3.05) is 0 Å². The second-order valence-electron chi connectivity index (χ2n) is 6.04. The van der Waals surface area contributed by atoms with Crippen molar-refractivity contribution < 1.29 is 0 Å². The summed E-state index contributed by atoms with van der Waals surface area (Å²) in [6.07, 6.45) is 4.41. The van der Waals surface area contributed by atoms with Gasteiger partial charge in [-0.3, -0.25) is 0 Å². The summed E-state index contributed by atoms with van der Waals surface area (Å²) in [5.74, 6) is 0. The highest BCUT2D eigenvalue weighted by atomic mass is 14.9. The van der Waals surface area contributed by atoms with Crippen molar-refractivity contribution in [2.45, 2.75) is 6.92 Å². The monoisotopic (exact) mass is 297 g/mol. The fraction of sp³-hybridized carbons (Fsp3) is 0.0909. The van der Waals surface area contributed by atoms with E-state index in [0.717, 1.165) is 0 Å². The van der Waals surface area contributed by atoms with Crippen molar-refractivity contribution in [1.29, 1.82) is 0 Å². The van der Waals surface area contributed by atoms with Crippen LogP contribution in [0.1, 0.15) is 16.8 Å². The first kappa shape index (κ1) is 13.8. The maximum atomic E-state index is 2.28. The standard InChI is InChI=1S/C22H19N/c1-16-7-3-4-8-17(16)11-13-19-15-21-20-10-6-5-9-18(20)12-14-22(21)23(19)2/h3-15H,1-2H3/b13-11-. The van der Waals surface area contributed by atoms with E-state index in [1.54, 1.807) is 0 Å². The summed E-state index contributed by atoms with van der Waals surface area (Å²) in [4.78, 5) is 0. The van der Waals surface area contributed by atoms with E-state index in [0.29, 0.717) is 0 Å². The normalized spacial score (nSPS) is 11.7. The Morgan fingerprint density at radius 2 is 1.57 bits per heavy atom. The summed E-state index contributed by atoms with van der Waals surface area (Å²) in [5, 5.41) is 3.92. The van der Waals surface area contributed by atoms with E-state index in [1.807, 2.05) is 0 Å². The van der Waals surface area contributed by atoms with Gasteiger partial charge in [0.15, 0.2) is 0 Å². The molecule has 0 bridgehead atoms. The topological polar surface area (TPSA) is 4.93 Å². The largest absolute Gasteiger partial charge is 0.344 e. The molecule has 4 rings (SSSR count). The molecule has 0 spiro atoms. The number of hydrogen-bond donors (Lipinski definition) is 0. The lowest BCUT2D eigenvalue weighted by Gasteiger charge is -2.02. The third kappa shape index (κ3) is 2.35. The van der Waals surface area contributed by atoms with Crippen LogP contribution in [-0.2, 0) is 7.05 Å². The van der Waals surface area contributed by atoms with Crippen LogP contribution >= 0.6 is 0 Å². The predicted molar refractivity (Wildman–Crippen MR) is 101 cm³/mol. The van der Waals surface area contributed by atoms with Gasteiger partial charge in [-0.15, -0.1) is 0 Å². The first-order valence-corrected chi connectivity index (χ1v) is 7.95. The third-order valence-electron chi connectivity index (χ3n) is 4.61. The smallest absolute Gasteiger partial charge is 0.0488 e. The first-order chi connectivity index (χ1) is 11.2. The van der Waals surface area contributed by atoms with Crippen LogP contribution in [0.5, 0.6) is 0 Å². The van der Waals surface area contributed by atoms with Crippen molar-refractivity contribution in [3.63, 3.8) is 0 Å². The number of fused-ring (bicyclic) bond motifs is 3. The molecule has 0 radical (unpaired) electrons. The lowest BCUT2D eigenvalue weighted by molar-refractivity contribution is 0.955. The fourth-order valence-electron chi connectivity index (χ4n) is 3.22. The van der Waals surface area contributed by atoms with Gasteiger partial charge in [-0.05, 0) is 47.0 Å². The van der Waals surface area contributed by atoms with Gasteiger partial charge in [-0.25, -0.2) is 0 Å². The molecule has 112 valence electrons. The summed E-state index contributed by atoms with van der Waals surface area (Å²) < 4.78 is 2.26. The Labute approximate surface area is 136 Å². The zero-order chi connectivity index (χ0) is 15.8. The Morgan fingerprint density at radius 3 is 2.43 bits per heavy atom. The highest BCUT2D eigenvalue weighted by Crippen LogP contribution is 2.28. The molecule has 0 saturated carbocycles. The first-order valence-electron chi connectivity index (χ1n) is 7.95. The van der Waals surface area contributed by atoms with Crippen LogP contribution in [0.4, 0.5) is 0 Å². The van der Waals surface area contributed by atoms with Gasteiger partial charge in [0.1, 0.15) is 0 Å². The average Bonchev–Trinajstić information content (AvgIpc) is 2.91. The third-order valence-corrected chi connectivity index (χ3v) is 4.61. The van der Waals surface area contributed by atoms with E-state index in [9.17, 15) is 0 Å². The lowest BCUT2D eigenvalue weighted by Crippen LogP contribution is -1.89. The van der Waals surface area contributed by atoms with Crippen LogP contribution in [0.15, 0.2) is 66.7 Å². The van der Waals surface area contributed by atoms with E-state index in [4.69, 9.17) is 0 Å². The van der Waals surface area contributed by atoms with Gasteiger partial charge < -0.3 is 4.57 Å². The number of benzene rings is 3. The molecule has 4 aromatic rings. The second kappa shape index (κ2) is 5.44. The Morgan fingerprint density at radius 1 is 0.783 bits per heavy atom. The number of hydrogen-bond acceptors (Lipinski definition) is 0. The van der Waals surface area contributed by atoms with Crippen molar-refractivity contribution >= 4 is 33.8 Å². The molecule has 0 atom stereocenters. The summed E-state index contributed by atoms with van der Waals surface area (Å²) >= 11 is 0. The second-order valence-corrected chi connectivity index (χ2v) is 6.04. The predicted octanol–water partition coefficient (Wildman–Crippen LogP) is 5.81. The van der Waals surface area contributed by atoms with E-state index in [-0.39, 0.29) is 0 Å². The SMILES string of the molecule is Cc1ccccc1/C=C\c1cc2c3ccccc3ccc2n1C. The maximum Gasteiger partial charge on any atom is 0.0488 e. The molecule has 0 amide bonds. The van der Waals surface area contributed by atoms with Gasteiger partial charge in [-0.2, -0.15) is 0 Å². The molecule has 1 heteroatoms. The molecular formula is C22H19N. The molecule has 0 unspecified atom stereocenters. The number of aryl methyl sites for hydroxylation is 2. The van der Waals surface area contributed by atoms with Crippen LogP contribution < -0.4 is 0 Å². The molecule has 3 aromatic carbocycles. The molecule has 1 aromatic heterocycles. The van der Waals surface area contributed by atoms with Crippen LogP contribution in [-0.4, -0.2) is 4.57 Å². The zero-order valence-electron chi connectivity index (χ0n) is 13.5. The summed E-state index contributed by atoms with van der Waals surface area (Å²) in [5.41, 5.74) is 5.06. The quantitative estimate of drug-likeness (QED) is 0.440. The van der Waals surface area contributed by atoms with Gasteiger partial charge in [0.05, 0.1) is 0 Å². The Hall–Kier alpha value is -2.80. The van der Waals surface area contributed by atoms with Gasteiger partial charge in [0, 0.05) is 23.6 Å². The minimum absolute atomic E-state index is 1.22. The molecule has 0 aliphatic rings. The molecule has 23 heavy (non-hydrogen) atoms. The van der Waals surface area contributed by atoms with Crippen molar-refractivity contribution in [1.82, 2.24) is 4.57 Å². The van der Waals surface area contributed by atoms with Crippen molar-refractivity contribution in [2.24, 2.45) is 7.05 Å². The minimum atomic E-state index is 1.22. The van der Waals surface area contributed by atoms with E-state index in [2.05, 4.69) is 97.4 Å². The average molecular weight is 297 g/mol. The number of nitrogens with zero attached hydrogens (tertiary/aromatic N) is 1. The van der Waals surface area contributed by atoms with Crippen molar-refractivity contribution in [3.8, 4) is 0 Å². The molecule has 0 saturated heterocycles. The Bertz CT molecular complexity index is 1030. The summed E-state index contributed by atoms with van der Waals surface area (Å²) in [6.45, 7) is 2.15. The van der Waals surface area contributed by atoms with Crippen LogP contribution in [0.3, 0.4) is 0 Å². The summed E-state index contributed by atoms with van der Waals surface area (Å²) in [6, 6.07) is 23.7. The Balaban J connectivity index is 1.86. The Kier molecular flexibility index (Phi) is 3.27. The number of rotatable bonds is 2. The zero-order valence-corrected chi connectivity index (χ0v) is 13.5. The van der Waals surface area contributed by atoms with Gasteiger partial charge in [-0.1, -0.05) is 60.7 Å². The van der Waals surface area contributed by atoms with E-state index in [1.165, 1.54) is 38.5 Å². The summed E-state index contributed by atoms with van der Waals surface area (Å²) in [7, 11) is 2.13. The van der Waals surface area contributed by atoms with Gasteiger partial charge >= 0.3 is 0 Å². The number of aromatic nitrogens is 1. The molecule has 0 aliphatic heterocycles. The fourth-order valence-corrected chi connectivity index (χ4v) is 3.22. The van der Waals surface area contributed by atoms with Gasteiger partial charge in [0.2, 0.25) is 0 Å². The molecular weight excluding hydrogens is 278 g/mol. The van der Waals surface area contributed by atoms with Crippen molar-refractivity contribution in [3.05, 3.63) is 83.6 Å². The van der Waals surface area contributed by atoms with Crippen LogP contribution in [0.2, 0.25) is 0 Å². The molecule has 0 N–H and O–H groups in total. The van der Waals surface area contributed by atoms with Crippen LogP contribution in [0, 0.1) is 6.92 Å². The highest BCUT2D eigenvalue weighted by Gasteiger charge is 2.06. The maximum absolute atomic E-state index is 2.28. The highest BCUT2D eigenvalue weighted by molar-refractivity contribution is 6.07. The lowest BCUT2D eigenvalue weighted by atomic mass is 10.1.